The lowest BCUT2D eigenvalue weighted by Crippen LogP contribution is -2.30. The van der Waals surface area contributed by atoms with E-state index in [0.29, 0.717) is 17.5 Å². The first-order valence-corrected chi connectivity index (χ1v) is 8.27. The van der Waals surface area contributed by atoms with Crippen LogP contribution in [0, 0.1) is 5.82 Å². The summed E-state index contributed by atoms with van der Waals surface area (Å²) in [5.41, 5.74) is 1.43. The van der Waals surface area contributed by atoms with Gasteiger partial charge in [-0.3, -0.25) is 4.79 Å². The molecule has 0 heterocycles. The van der Waals surface area contributed by atoms with E-state index >= 15 is 0 Å². The molecule has 0 aliphatic heterocycles. The number of nitrogens with one attached hydrogen (secondary N) is 1. The maximum atomic E-state index is 13.0. The maximum absolute atomic E-state index is 13.0. The molecule has 2 rings (SSSR count). The molecule has 0 saturated carbocycles. The van der Waals surface area contributed by atoms with Crippen molar-refractivity contribution in [1.29, 1.82) is 0 Å². The lowest BCUT2D eigenvalue weighted by Gasteiger charge is -2.18. The molecule has 2 aromatic carbocycles. The van der Waals surface area contributed by atoms with Crippen LogP contribution in [0.5, 0.6) is 0 Å². The van der Waals surface area contributed by atoms with Crippen molar-refractivity contribution in [3.05, 3.63) is 71.0 Å². The highest BCUT2D eigenvalue weighted by Gasteiger charge is 2.16. The predicted molar refractivity (Wildman–Crippen MR) is 94.8 cm³/mol. The first-order chi connectivity index (χ1) is 11.8. The van der Waals surface area contributed by atoms with Crippen molar-refractivity contribution >= 4 is 5.91 Å². The highest BCUT2D eigenvalue weighted by Crippen LogP contribution is 2.16. The van der Waals surface area contributed by atoms with Gasteiger partial charge in [-0.1, -0.05) is 24.3 Å². The molecule has 3 N–H and O–H groups in total. The highest BCUT2D eigenvalue weighted by atomic mass is 19.1. The molecule has 2 aromatic rings. The number of hydrogen-bond donors (Lipinski definition) is 3. The van der Waals surface area contributed by atoms with Crippen molar-refractivity contribution in [1.82, 2.24) is 5.32 Å². The van der Waals surface area contributed by atoms with Crippen LogP contribution in [-0.4, -0.2) is 28.3 Å². The fourth-order valence-corrected chi connectivity index (χ4v) is 2.44. The fourth-order valence-electron chi connectivity index (χ4n) is 2.44. The van der Waals surface area contributed by atoms with E-state index in [1.807, 2.05) is 12.1 Å². The van der Waals surface area contributed by atoms with Crippen LogP contribution in [0.2, 0.25) is 0 Å². The molecule has 25 heavy (non-hydrogen) atoms. The van der Waals surface area contributed by atoms with Crippen LogP contribution in [0.3, 0.4) is 0 Å². The minimum absolute atomic E-state index is 0.277. The zero-order valence-electron chi connectivity index (χ0n) is 14.5. The van der Waals surface area contributed by atoms with E-state index in [1.54, 1.807) is 26.0 Å². The average Bonchev–Trinajstić information content (AvgIpc) is 2.58. The van der Waals surface area contributed by atoms with E-state index in [4.69, 9.17) is 0 Å². The van der Waals surface area contributed by atoms with Gasteiger partial charge in [0.25, 0.3) is 5.91 Å². The quantitative estimate of drug-likeness (QED) is 0.722. The maximum Gasteiger partial charge on any atom is 0.251 e. The number of carbonyl (C=O) groups is 1. The van der Waals surface area contributed by atoms with Gasteiger partial charge in [-0.15, -0.1) is 0 Å². The largest absolute Gasteiger partial charge is 0.394 e. The summed E-state index contributed by atoms with van der Waals surface area (Å²) < 4.78 is 13.0. The monoisotopic (exact) mass is 345 g/mol. The normalized spacial score (nSPS) is 12.7. The Morgan fingerprint density at radius 1 is 1.12 bits per heavy atom. The number of carbonyl (C=O) groups excluding carboxylic acids is 1. The second kappa shape index (κ2) is 8.23. The molecule has 0 spiro atoms. The molecule has 0 fully saturated rings. The van der Waals surface area contributed by atoms with Gasteiger partial charge in [0.1, 0.15) is 5.82 Å². The van der Waals surface area contributed by atoms with Gasteiger partial charge in [0.05, 0.1) is 18.2 Å². The molecule has 0 aliphatic rings. The molecule has 0 saturated heterocycles. The third-order valence-corrected chi connectivity index (χ3v) is 4.00. The second-order valence-electron chi connectivity index (χ2n) is 6.77. The SMILES string of the molecule is CC(C)(O)CCc1ccc(C(=O)NC(CO)c2ccc(F)cc2)cc1. The Labute approximate surface area is 147 Å². The smallest absolute Gasteiger partial charge is 0.251 e. The Kier molecular flexibility index (Phi) is 6.28. The molecule has 0 aliphatic carbocycles. The average molecular weight is 345 g/mol. The number of aryl methyl sites for hydroxylation is 1. The summed E-state index contributed by atoms with van der Waals surface area (Å²) >= 11 is 0. The van der Waals surface area contributed by atoms with E-state index in [2.05, 4.69) is 5.32 Å². The summed E-state index contributed by atoms with van der Waals surface area (Å²) in [5.74, 6) is -0.675. The molecule has 1 unspecified atom stereocenters. The van der Waals surface area contributed by atoms with Gasteiger partial charge in [0, 0.05) is 5.56 Å². The minimum atomic E-state index is -0.723. The van der Waals surface area contributed by atoms with Crippen LogP contribution >= 0.6 is 0 Å². The molecule has 0 bridgehead atoms. The van der Waals surface area contributed by atoms with Crippen LogP contribution in [0.25, 0.3) is 0 Å². The Morgan fingerprint density at radius 3 is 2.24 bits per heavy atom. The molecule has 1 atom stereocenters. The number of halogens is 1. The molecule has 4 nitrogen and oxygen atoms in total. The summed E-state index contributed by atoms with van der Waals surface area (Å²) in [5, 5.41) is 22.0. The van der Waals surface area contributed by atoms with Gasteiger partial charge in [0.2, 0.25) is 0 Å². The third-order valence-electron chi connectivity index (χ3n) is 4.00. The Hall–Kier alpha value is -2.24. The summed E-state index contributed by atoms with van der Waals surface area (Å²) in [6, 6.07) is 12.2. The van der Waals surface area contributed by atoms with Crippen LogP contribution < -0.4 is 5.32 Å². The van der Waals surface area contributed by atoms with Crippen LogP contribution in [0.15, 0.2) is 48.5 Å². The van der Waals surface area contributed by atoms with E-state index in [1.165, 1.54) is 24.3 Å². The minimum Gasteiger partial charge on any atom is -0.394 e. The van der Waals surface area contributed by atoms with Gasteiger partial charge >= 0.3 is 0 Å². The fraction of sp³-hybridized carbons (Fsp3) is 0.350. The van der Waals surface area contributed by atoms with Gasteiger partial charge in [-0.25, -0.2) is 4.39 Å². The zero-order valence-corrected chi connectivity index (χ0v) is 14.5. The van der Waals surface area contributed by atoms with Crippen LogP contribution in [-0.2, 0) is 6.42 Å². The Balaban J connectivity index is 2.00. The van der Waals surface area contributed by atoms with Crippen molar-refractivity contribution < 1.29 is 19.4 Å². The molecule has 0 aromatic heterocycles. The first kappa shape index (κ1) is 19.1. The summed E-state index contributed by atoms with van der Waals surface area (Å²) in [4.78, 5) is 12.3. The van der Waals surface area contributed by atoms with Crippen molar-refractivity contribution in [3.8, 4) is 0 Å². The van der Waals surface area contributed by atoms with Crippen molar-refractivity contribution in [2.75, 3.05) is 6.61 Å². The number of aliphatic hydroxyl groups is 2. The topological polar surface area (TPSA) is 69.6 Å². The number of benzene rings is 2. The third kappa shape index (κ3) is 5.96. The molecule has 1 amide bonds. The van der Waals surface area contributed by atoms with Gasteiger partial charge < -0.3 is 15.5 Å². The second-order valence-corrected chi connectivity index (χ2v) is 6.77. The lowest BCUT2D eigenvalue weighted by atomic mass is 9.98. The van der Waals surface area contributed by atoms with Crippen molar-refractivity contribution in [2.24, 2.45) is 0 Å². The molecule has 134 valence electrons. The summed E-state index contributed by atoms with van der Waals surface area (Å²) in [7, 11) is 0. The molecule has 0 radical (unpaired) electrons. The van der Waals surface area contributed by atoms with Gasteiger partial charge in [-0.2, -0.15) is 0 Å². The van der Waals surface area contributed by atoms with Gasteiger partial charge in [-0.05, 0) is 62.1 Å². The number of aliphatic hydroxyl groups excluding tert-OH is 1. The Bertz CT molecular complexity index is 690. The zero-order chi connectivity index (χ0) is 18.4. The summed E-state index contributed by atoms with van der Waals surface area (Å²) in [6.45, 7) is 3.25. The van der Waals surface area contributed by atoms with Crippen molar-refractivity contribution in [3.63, 3.8) is 0 Å². The molecular weight excluding hydrogens is 321 g/mol. The summed E-state index contributed by atoms with van der Waals surface area (Å²) in [6.07, 6.45) is 1.36. The molecule has 5 heteroatoms. The standard InChI is InChI=1S/C20H24FNO3/c1-20(2,25)12-11-14-3-5-16(6-4-14)19(24)22-18(13-23)15-7-9-17(21)10-8-15/h3-10,18,23,25H,11-13H2,1-2H3,(H,22,24). The number of amides is 1. The molecular formula is C20H24FNO3. The van der Waals surface area contributed by atoms with E-state index in [9.17, 15) is 19.4 Å². The van der Waals surface area contributed by atoms with E-state index in [-0.39, 0.29) is 18.3 Å². The number of hydrogen-bond acceptors (Lipinski definition) is 3. The van der Waals surface area contributed by atoms with Crippen molar-refractivity contribution in [2.45, 2.75) is 38.3 Å². The van der Waals surface area contributed by atoms with Gasteiger partial charge in [0.15, 0.2) is 0 Å². The van der Waals surface area contributed by atoms with E-state index in [0.717, 1.165) is 12.0 Å². The highest BCUT2D eigenvalue weighted by molar-refractivity contribution is 5.94. The lowest BCUT2D eigenvalue weighted by molar-refractivity contribution is 0.0713. The predicted octanol–water partition coefficient (Wildman–Crippen LogP) is 2.99. The van der Waals surface area contributed by atoms with Crippen LogP contribution in [0.1, 0.15) is 47.8 Å². The van der Waals surface area contributed by atoms with E-state index < -0.39 is 11.6 Å². The van der Waals surface area contributed by atoms with Crippen LogP contribution in [0.4, 0.5) is 4.39 Å². The first-order valence-electron chi connectivity index (χ1n) is 8.27. The number of rotatable bonds is 7. The Morgan fingerprint density at radius 2 is 1.72 bits per heavy atom.